The van der Waals surface area contributed by atoms with E-state index in [9.17, 15) is 9.90 Å². The molecule has 0 aliphatic heterocycles. The highest BCUT2D eigenvalue weighted by atomic mass is 79.9. The Kier molecular flexibility index (Phi) is 3.77. The Morgan fingerprint density at radius 3 is 2.86 bits per heavy atom. The zero-order valence-corrected chi connectivity index (χ0v) is 9.72. The molecule has 0 unspecified atom stereocenters. The van der Waals surface area contributed by atoms with E-state index in [1.807, 2.05) is 0 Å². The summed E-state index contributed by atoms with van der Waals surface area (Å²) in [4.78, 5) is 10.9. The fraction of sp³-hybridized carbons (Fsp3) is 0.222. The largest absolute Gasteiger partial charge is 0.506 e. The first-order chi connectivity index (χ1) is 6.56. The van der Waals surface area contributed by atoms with E-state index in [0.717, 1.165) is 0 Å². The lowest BCUT2D eigenvalue weighted by atomic mass is 10.1. The standard InChI is InChI=1S/C9H8BrClO3/c1-14-7(12)4-5-2-3-6(10)8(11)9(5)13/h2-3,13H,4H2,1H3. The summed E-state index contributed by atoms with van der Waals surface area (Å²) < 4.78 is 5.06. The highest BCUT2D eigenvalue weighted by Crippen LogP contribution is 2.34. The van der Waals surface area contributed by atoms with Crippen LogP contribution in [0, 0.1) is 0 Å². The maximum Gasteiger partial charge on any atom is 0.310 e. The fourth-order valence-electron chi connectivity index (χ4n) is 0.950. The second kappa shape index (κ2) is 4.66. The fourth-order valence-corrected chi connectivity index (χ4v) is 1.45. The van der Waals surface area contributed by atoms with Gasteiger partial charge in [0.15, 0.2) is 0 Å². The molecule has 14 heavy (non-hydrogen) atoms. The van der Waals surface area contributed by atoms with Crippen LogP contribution < -0.4 is 0 Å². The molecule has 0 saturated heterocycles. The molecule has 0 amide bonds. The minimum absolute atomic E-state index is 0.00926. The molecule has 0 atom stereocenters. The number of benzene rings is 1. The Morgan fingerprint density at radius 1 is 1.64 bits per heavy atom. The quantitative estimate of drug-likeness (QED) is 0.846. The molecule has 0 saturated carbocycles. The molecular formula is C9H8BrClO3. The Balaban J connectivity index is 3.00. The zero-order valence-electron chi connectivity index (χ0n) is 7.38. The van der Waals surface area contributed by atoms with Gasteiger partial charge in [-0.25, -0.2) is 0 Å². The third kappa shape index (κ3) is 2.39. The molecule has 5 heteroatoms. The first kappa shape index (κ1) is 11.3. The summed E-state index contributed by atoms with van der Waals surface area (Å²) in [7, 11) is 1.29. The second-order valence-corrected chi connectivity index (χ2v) is 3.85. The van der Waals surface area contributed by atoms with Crippen molar-refractivity contribution in [2.75, 3.05) is 7.11 Å². The molecule has 0 spiro atoms. The number of rotatable bonds is 2. The highest BCUT2D eigenvalue weighted by Gasteiger charge is 2.12. The van der Waals surface area contributed by atoms with Crippen LogP contribution in [0.2, 0.25) is 5.02 Å². The topological polar surface area (TPSA) is 46.5 Å². The molecule has 1 rings (SSSR count). The average molecular weight is 280 g/mol. The lowest BCUT2D eigenvalue weighted by molar-refractivity contribution is -0.139. The van der Waals surface area contributed by atoms with Crippen LogP contribution >= 0.6 is 27.5 Å². The number of aromatic hydroxyl groups is 1. The smallest absolute Gasteiger partial charge is 0.310 e. The monoisotopic (exact) mass is 278 g/mol. The molecule has 0 heterocycles. The van der Waals surface area contributed by atoms with Crippen LogP contribution in [-0.2, 0) is 16.0 Å². The zero-order chi connectivity index (χ0) is 10.7. The van der Waals surface area contributed by atoms with Crippen LogP contribution in [0.1, 0.15) is 5.56 Å². The van der Waals surface area contributed by atoms with Gasteiger partial charge in [-0.2, -0.15) is 0 Å². The Morgan fingerprint density at radius 2 is 2.29 bits per heavy atom. The first-order valence-corrected chi connectivity index (χ1v) is 4.96. The van der Waals surface area contributed by atoms with Crippen molar-refractivity contribution in [2.24, 2.45) is 0 Å². The van der Waals surface area contributed by atoms with Gasteiger partial charge in [-0.3, -0.25) is 4.79 Å². The molecule has 0 bridgehead atoms. The van der Waals surface area contributed by atoms with Gasteiger partial charge < -0.3 is 9.84 Å². The Hall–Kier alpha value is -0.740. The molecule has 0 radical (unpaired) electrons. The number of carbonyl (C=O) groups excluding carboxylic acids is 1. The predicted molar refractivity (Wildman–Crippen MR) is 56.5 cm³/mol. The van der Waals surface area contributed by atoms with Crippen molar-refractivity contribution in [3.8, 4) is 5.75 Å². The van der Waals surface area contributed by atoms with Crippen LogP contribution in [0.25, 0.3) is 0 Å². The Bertz CT molecular complexity index is 365. The SMILES string of the molecule is COC(=O)Cc1ccc(Br)c(Cl)c1O. The van der Waals surface area contributed by atoms with Gasteiger partial charge in [0.1, 0.15) is 5.75 Å². The third-order valence-corrected chi connectivity index (χ3v) is 2.99. The summed E-state index contributed by atoms with van der Waals surface area (Å²) in [6, 6.07) is 3.28. The predicted octanol–water partition coefficient (Wildman–Crippen LogP) is 2.52. The minimum atomic E-state index is -0.418. The number of ether oxygens (including phenoxy) is 1. The van der Waals surface area contributed by atoms with Gasteiger partial charge in [-0.1, -0.05) is 17.7 Å². The van der Waals surface area contributed by atoms with Crippen molar-refractivity contribution in [3.05, 3.63) is 27.2 Å². The molecule has 0 aliphatic carbocycles. The van der Waals surface area contributed by atoms with Crippen molar-refractivity contribution in [3.63, 3.8) is 0 Å². The second-order valence-electron chi connectivity index (χ2n) is 2.62. The summed E-state index contributed by atoms with van der Waals surface area (Å²) in [5.74, 6) is -0.509. The normalized spacial score (nSPS) is 9.93. The van der Waals surface area contributed by atoms with Crippen LogP contribution in [0.4, 0.5) is 0 Å². The van der Waals surface area contributed by atoms with E-state index in [1.165, 1.54) is 7.11 Å². The van der Waals surface area contributed by atoms with Crippen LogP contribution in [0.3, 0.4) is 0 Å². The molecule has 0 fully saturated rings. The number of phenols is 1. The average Bonchev–Trinajstić information content (AvgIpc) is 2.19. The van der Waals surface area contributed by atoms with E-state index in [0.29, 0.717) is 10.0 Å². The molecule has 0 aromatic heterocycles. The number of carbonyl (C=O) groups is 1. The number of esters is 1. The molecule has 76 valence electrons. The molecular weight excluding hydrogens is 271 g/mol. The maximum absolute atomic E-state index is 10.9. The van der Waals surface area contributed by atoms with Crippen LogP contribution in [0.15, 0.2) is 16.6 Å². The van der Waals surface area contributed by atoms with Crippen molar-refractivity contribution in [2.45, 2.75) is 6.42 Å². The van der Waals surface area contributed by atoms with Crippen LogP contribution in [0.5, 0.6) is 5.75 Å². The van der Waals surface area contributed by atoms with Gasteiger partial charge in [-0.15, -0.1) is 0 Å². The van der Waals surface area contributed by atoms with Crippen molar-refractivity contribution in [1.82, 2.24) is 0 Å². The number of methoxy groups -OCH3 is 1. The molecule has 3 nitrogen and oxygen atoms in total. The number of halogens is 2. The van der Waals surface area contributed by atoms with Gasteiger partial charge >= 0.3 is 5.97 Å². The highest BCUT2D eigenvalue weighted by molar-refractivity contribution is 9.10. The summed E-state index contributed by atoms with van der Waals surface area (Å²) in [6.07, 6.45) is 0.00926. The minimum Gasteiger partial charge on any atom is -0.506 e. The third-order valence-electron chi connectivity index (χ3n) is 1.72. The summed E-state index contributed by atoms with van der Waals surface area (Å²) in [6.45, 7) is 0. The van der Waals surface area contributed by atoms with Gasteiger partial charge in [0, 0.05) is 10.0 Å². The molecule has 0 aliphatic rings. The van der Waals surface area contributed by atoms with Gasteiger partial charge in [0.05, 0.1) is 18.6 Å². The van der Waals surface area contributed by atoms with E-state index in [2.05, 4.69) is 20.7 Å². The molecule has 1 aromatic rings. The molecule has 1 N–H and O–H groups in total. The van der Waals surface area contributed by atoms with Gasteiger partial charge in [0.2, 0.25) is 0 Å². The lowest BCUT2D eigenvalue weighted by Crippen LogP contribution is -2.04. The van der Waals surface area contributed by atoms with Crippen molar-refractivity contribution in [1.29, 1.82) is 0 Å². The summed E-state index contributed by atoms with van der Waals surface area (Å²) >= 11 is 8.92. The van der Waals surface area contributed by atoms with Gasteiger partial charge in [-0.05, 0) is 22.0 Å². The van der Waals surface area contributed by atoms with Crippen LogP contribution in [-0.4, -0.2) is 18.2 Å². The first-order valence-electron chi connectivity index (χ1n) is 3.79. The number of phenolic OH excluding ortho intramolecular Hbond substituents is 1. The Labute approximate surface area is 94.8 Å². The number of hydrogen-bond acceptors (Lipinski definition) is 3. The number of hydrogen-bond donors (Lipinski definition) is 1. The van der Waals surface area contributed by atoms with Gasteiger partial charge in [0.25, 0.3) is 0 Å². The summed E-state index contributed by atoms with van der Waals surface area (Å²) in [5.41, 5.74) is 0.449. The van der Waals surface area contributed by atoms with Crippen molar-refractivity contribution >= 4 is 33.5 Å². The van der Waals surface area contributed by atoms with E-state index in [-0.39, 0.29) is 17.2 Å². The van der Waals surface area contributed by atoms with Crippen molar-refractivity contribution < 1.29 is 14.6 Å². The lowest BCUT2D eigenvalue weighted by Gasteiger charge is -2.06. The van der Waals surface area contributed by atoms with E-state index in [1.54, 1.807) is 12.1 Å². The van der Waals surface area contributed by atoms with E-state index in [4.69, 9.17) is 11.6 Å². The summed E-state index contributed by atoms with van der Waals surface area (Å²) in [5, 5.41) is 9.75. The van der Waals surface area contributed by atoms with E-state index >= 15 is 0 Å². The maximum atomic E-state index is 10.9. The van der Waals surface area contributed by atoms with E-state index < -0.39 is 5.97 Å². The molecule has 1 aromatic carbocycles.